The first kappa shape index (κ1) is 12.6. The second-order valence-corrected chi connectivity index (χ2v) is 3.54. The maximum atomic E-state index is 13.7. The average molecular weight is 260 g/mol. The van der Waals surface area contributed by atoms with Crippen molar-refractivity contribution in [2.45, 2.75) is 0 Å². The number of benzene rings is 1. The van der Waals surface area contributed by atoms with Crippen LogP contribution < -0.4 is 10.1 Å². The SMILES string of the molecule is COc1cccc(F)c1C(=O)Nc1[nH]ncc1C#N. The first-order chi connectivity index (χ1) is 9.17. The Labute approximate surface area is 107 Å². The van der Waals surface area contributed by atoms with E-state index < -0.39 is 11.7 Å². The number of ether oxygens (including phenoxy) is 1. The minimum absolute atomic E-state index is 0.107. The molecule has 0 radical (unpaired) electrons. The monoisotopic (exact) mass is 260 g/mol. The molecule has 0 unspecified atom stereocenters. The largest absolute Gasteiger partial charge is 0.496 e. The van der Waals surface area contributed by atoms with E-state index in [0.717, 1.165) is 6.07 Å². The molecule has 6 nitrogen and oxygen atoms in total. The van der Waals surface area contributed by atoms with Gasteiger partial charge in [-0.05, 0) is 12.1 Å². The van der Waals surface area contributed by atoms with Gasteiger partial charge in [-0.2, -0.15) is 10.4 Å². The van der Waals surface area contributed by atoms with E-state index in [0.29, 0.717) is 0 Å². The van der Waals surface area contributed by atoms with Crippen molar-refractivity contribution >= 4 is 11.7 Å². The first-order valence-electron chi connectivity index (χ1n) is 5.24. The van der Waals surface area contributed by atoms with Crippen molar-refractivity contribution in [2.24, 2.45) is 0 Å². The lowest BCUT2D eigenvalue weighted by Gasteiger charge is -2.09. The Kier molecular flexibility index (Phi) is 3.43. The van der Waals surface area contributed by atoms with Crippen molar-refractivity contribution in [1.82, 2.24) is 10.2 Å². The van der Waals surface area contributed by atoms with Crippen LogP contribution in [0.3, 0.4) is 0 Å². The summed E-state index contributed by atoms with van der Waals surface area (Å²) in [6, 6.07) is 5.89. The summed E-state index contributed by atoms with van der Waals surface area (Å²) in [7, 11) is 1.34. The average Bonchev–Trinajstić information content (AvgIpc) is 2.85. The van der Waals surface area contributed by atoms with E-state index in [9.17, 15) is 9.18 Å². The fourth-order valence-electron chi connectivity index (χ4n) is 1.54. The number of methoxy groups -OCH3 is 1. The van der Waals surface area contributed by atoms with Crippen LogP contribution in [0, 0.1) is 17.1 Å². The third-order valence-electron chi connectivity index (χ3n) is 2.42. The summed E-state index contributed by atoms with van der Waals surface area (Å²) < 4.78 is 18.6. The number of carbonyl (C=O) groups is 1. The smallest absolute Gasteiger partial charge is 0.263 e. The highest BCUT2D eigenvalue weighted by Crippen LogP contribution is 2.22. The van der Waals surface area contributed by atoms with Crippen molar-refractivity contribution in [3.63, 3.8) is 0 Å². The molecule has 0 aliphatic heterocycles. The second kappa shape index (κ2) is 5.18. The lowest BCUT2D eigenvalue weighted by molar-refractivity contribution is 0.101. The number of hydrogen-bond donors (Lipinski definition) is 2. The number of halogens is 1. The summed E-state index contributed by atoms with van der Waals surface area (Å²) >= 11 is 0. The molecule has 19 heavy (non-hydrogen) atoms. The molecule has 0 saturated carbocycles. The number of aromatic amines is 1. The number of hydrogen-bond acceptors (Lipinski definition) is 4. The molecule has 2 N–H and O–H groups in total. The third-order valence-corrected chi connectivity index (χ3v) is 2.42. The number of rotatable bonds is 3. The molecule has 0 bridgehead atoms. The van der Waals surface area contributed by atoms with E-state index in [1.165, 1.54) is 25.4 Å². The number of nitrogens with one attached hydrogen (secondary N) is 2. The fraction of sp³-hybridized carbons (Fsp3) is 0.0833. The van der Waals surface area contributed by atoms with E-state index in [1.807, 2.05) is 6.07 Å². The topological polar surface area (TPSA) is 90.8 Å². The van der Waals surface area contributed by atoms with Crippen molar-refractivity contribution in [3.8, 4) is 11.8 Å². The lowest BCUT2D eigenvalue weighted by atomic mass is 10.1. The number of nitriles is 1. The highest BCUT2D eigenvalue weighted by atomic mass is 19.1. The molecule has 1 amide bonds. The molecule has 0 aliphatic rings. The molecule has 0 atom stereocenters. The summed E-state index contributed by atoms with van der Waals surface area (Å²) in [5.41, 5.74) is -0.0767. The van der Waals surface area contributed by atoms with Crippen molar-refractivity contribution in [2.75, 3.05) is 12.4 Å². The summed E-state index contributed by atoms with van der Waals surface area (Å²) in [4.78, 5) is 12.0. The molecule has 2 aromatic rings. The first-order valence-corrected chi connectivity index (χ1v) is 5.24. The Bertz CT molecular complexity index is 660. The molecule has 0 fully saturated rings. The van der Waals surface area contributed by atoms with Gasteiger partial charge in [-0.15, -0.1) is 0 Å². The second-order valence-electron chi connectivity index (χ2n) is 3.54. The van der Waals surface area contributed by atoms with Gasteiger partial charge >= 0.3 is 0 Å². The van der Waals surface area contributed by atoms with Gasteiger partial charge in [0, 0.05) is 0 Å². The van der Waals surface area contributed by atoms with Crippen molar-refractivity contribution in [3.05, 3.63) is 41.3 Å². The van der Waals surface area contributed by atoms with Crippen LogP contribution in [0.4, 0.5) is 10.2 Å². The predicted molar refractivity (Wildman–Crippen MR) is 64.2 cm³/mol. The molecule has 0 aliphatic carbocycles. The third kappa shape index (κ3) is 2.37. The molecule has 2 rings (SSSR count). The van der Waals surface area contributed by atoms with Gasteiger partial charge in [-0.1, -0.05) is 6.07 Å². The summed E-state index contributed by atoms with van der Waals surface area (Å²) in [6.07, 6.45) is 1.26. The van der Waals surface area contributed by atoms with Crippen LogP contribution in [0.1, 0.15) is 15.9 Å². The quantitative estimate of drug-likeness (QED) is 0.878. The van der Waals surface area contributed by atoms with Gasteiger partial charge in [-0.25, -0.2) is 4.39 Å². The summed E-state index contributed by atoms with van der Waals surface area (Å²) in [5.74, 6) is -1.22. The lowest BCUT2D eigenvalue weighted by Crippen LogP contribution is -2.16. The minimum Gasteiger partial charge on any atom is -0.496 e. The van der Waals surface area contributed by atoms with Gasteiger partial charge < -0.3 is 10.1 Å². The van der Waals surface area contributed by atoms with Crippen LogP contribution in [0.5, 0.6) is 5.75 Å². The standard InChI is InChI=1S/C12H9FN4O2/c1-19-9-4-2-3-8(13)10(9)12(18)16-11-7(5-14)6-15-17-11/h2-4,6H,1H3,(H2,15,16,17,18). The van der Waals surface area contributed by atoms with Crippen LogP contribution in [0.2, 0.25) is 0 Å². The fourth-order valence-corrected chi connectivity index (χ4v) is 1.54. The van der Waals surface area contributed by atoms with E-state index >= 15 is 0 Å². The Hall–Kier alpha value is -2.88. The van der Waals surface area contributed by atoms with Crippen LogP contribution >= 0.6 is 0 Å². The van der Waals surface area contributed by atoms with E-state index in [2.05, 4.69) is 15.5 Å². The zero-order valence-electron chi connectivity index (χ0n) is 9.90. The maximum Gasteiger partial charge on any atom is 0.263 e. The Balaban J connectivity index is 2.34. The Morgan fingerprint density at radius 3 is 3.05 bits per heavy atom. The molecular weight excluding hydrogens is 251 g/mol. The van der Waals surface area contributed by atoms with Crippen LogP contribution in [0.15, 0.2) is 24.4 Å². The molecule has 1 aromatic heterocycles. The highest BCUT2D eigenvalue weighted by Gasteiger charge is 2.19. The van der Waals surface area contributed by atoms with E-state index in [4.69, 9.17) is 10.00 Å². The zero-order chi connectivity index (χ0) is 13.8. The zero-order valence-corrected chi connectivity index (χ0v) is 9.90. The van der Waals surface area contributed by atoms with Gasteiger partial charge in [0.15, 0.2) is 0 Å². The predicted octanol–water partition coefficient (Wildman–Crippen LogP) is 1.68. The number of H-pyrrole nitrogens is 1. The minimum atomic E-state index is -0.726. The number of aromatic nitrogens is 2. The normalized spacial score (nSPS) is 9.74. The van der Waals surface area contributed by atoms with Crippen molar-refractivity contribution in [1.29, 1.82) is 5.26 Å². The Morgan fingerprint density at radius 1 is 1.58 bits per heavy atom. The molecule has 96 valence electrons. The van der Waals surface area contributed by atoms with E-state index in [1.54, 1.807) is 0 Å². The van der Waals surface area contributed by atoms with Crippen LogP contribution in [-0.2, 0) is 0 Å². The molecule has 7 heteroatoms. The molecule has 0 spiro atoms. The highest BCUT2D eigenvalue weighted by molar-refractivity contribution is 6.06. The molecular formula is C12H9FN4O2. The number of carbonyl (C=O) groups excluding carboxylic acids is 1. The van der Waals surface area contributed by atoms with Crippen molar-refractivity contribution < 1.29 is 13.9 Å². The summed E-state index contributed by atoms with van der Waals surface area (Å²) in [5, 5.41) is 17.2. The van der Waals surface area contributed by atoms with Crippen LogP contribution in [-0.4, -0.2) is 23.2 Å². The van der Waals surface area contributed by atoms with Gasteiger partial charge in [0.2, 0.25) is 0 Å². The Morgan fingerprint density at radius 2 is 2.37 bits per heavy atom. The number of anilines is 1. The van der Waals surface area contributed by atoms with Gasteiger partial charge in [0.25, 0.3) is 5.91 Å². The van der Waals surface area contributed by atoms with Gasteiger partial charge in [0.05, 0.1) is 13.3 Å². The maximum absolute atomic E-state index is 13.7. The van der Waals surface area contributed by atoms with Gasteiger partial charge in [0.1, 0.15) is 34.6 Å². The van der Waals surface area contributed by atoms with E-state index in [-0.39, 0.29) is 22.7 Å². The van der Waals surface area contributed by atoms with Crippen LogP contribution in [0.25, 0.3) is 0 Å². The summed E-state index contributed by atoms with van der Waals surface area (Å²) in [6.45, 7) is 0. The molecule has 1 aromatic carbocycles. The number of nitrogens with zero attached hydrogens (tertiary/aromatic N) is 2. The molecule has 1 heterocycles. The molecule has 0 saturated heterocycles. The number of amides is 1. The van der Waals surface area contributed by atoms with Gasteiger partial charge in [-0.3, -0.25) is 9.89 Å².